The van der Waals surface area contributed by atoms with E-state index in [9.17, 15) is 13.2 Å². The summed E-state index contributed by atoms with van der Waals surface area (Å²) in [5.74, 6) is -0.224. The number of hydrogen-bond donors (Lipinski definition) is 1. The number of rotatable bonds is 5. The predicted octanol–water partition coefficient (Wildman–Crippen LogP) is 3.23. The summed E-state index contributed by atoms with van der Waals surface area (Å²) < 4.78 is 24.3. The number of carbonyl (C=O) groups is 1. The molecular weight excluding hydrogens is 356 g/mol. The number of hydrogen-bond acceptors (Lipinski definition) is 5. The van der Waals surface area contributed by atoms with Crippen LogP contribution >= 0.6 is 11.3 Å². The normalized spacial score (nSPS) is 12.9. The van der Waals surface area contributed by atoms with E-state index in [1.807, 2.05) is 31.2 Å². The molecule has 25 heavy (non-hydrogen) atoms. The van der Waals surface area contributed by atoms with E-state index in [2.05, 4.69) is 10.3 Å². The largest absolute Gasteiger partial charge is 0.351 e. The molecule has 0 saturated carbocycles. The number of aromatic nitrogens is 1. The summed E-state index contributed by atoms with van der Waals surface area (Å²) >= 11 is 1.62. The van der Waals surface area contributed by atoms with E-state index >= 15 is 0 Å². The lowest BCUT2D eigenvalue weighted by molar-refractivity contribution is 0.0951. The Bertz CT molecular complexity index is 992. The number of sulfone groups is 1. The number of amides is 1. The maximum atomic E-state index is 12.3. The van der Waals surface area contributed by atoms with Crippen molar-refractivity contribution in [1.29, 1.82) is 0 Å². The van der Waals surface area contributed by atoms with Gasteiger partial charge in [0.1, 0.15) is 0 Å². The van der Waals surface area contributed by atoms with Crippen LogP contribution < -0.4 is 5.32 Å². The van der Waals surface area contributed by atoms with Crippen LogP contribution in [0.25, 0.3) is 10.2 Å². The molecule has 5 nitrogen and oxygen atoms in total. The zero-order valence-electron chi connectivity index (χ0n) is 13.9. The van der Waals surface area contributed by atoms with E-state index in [-0.39, 0.29) is 16.7 Å². The summed E-state index contributed by atoms with van der Waals surface area (Å²) in [6, 6.07) is 14.0. The van der Waals surface area contributed by atoms with Crippen molar-refractivity contribution in [1.82, 2.24) is 10.3 Å². The minimum absolute atomic E-state index is 0.0689. The van der Waals surface area contributed by atoms with Crippen molar-refractivity contribution in [2.45, 2.75) is 17.7 Å². The number of nitrogens with one attached hydrogen (secondary N) is 1. The molecule has 1 amide bonds. The molecule has 0 radical (unpaired) electrons. The van der Waals surface area contributed by atoms with Gasteiger partial charge in [-0.3, -0.25) is 4.79 Å². The van der Waals surface area contributed by atoms with Crippen molar-refractivity contribution >= 4 is 37.3 Å². The Morgan fingerprint density at radius 1 is 1.20 bits per heavy atom. The van der Waals surface area contributed by atoms with E-state index in [4.69, 9.17) is 0 Å². The molecule has 0 aliphatic rings. The maximum absolute atomic E-state index is 12.3. The van der Waals surface area contributed by atoms with E-state index < -0.39 is 9.84 Å². The number of para-hydroxylation sites is 1. The number of thiazole rings is 1. The molecule has 0 aliphatic heterocycles. The third-order valence-electron chi connectivity index (χ3n) is 3.83. The van der Waals surface area contributed by atoms with Crippen molar-refractivity contribution in [2.24, 2.45) is 0 Å². The Kier molecular flexibility index (Phi) is 4.87. The van der Waals surface area contributed by atoms with Crippen LogP contribution in [0.15, 0.2) is 53.4 Å². The Balaban J connectivity index is 1.69. The van der Waals surface area contributed by atoms with Gasteiger partial charge in [-0.25, -0.2) is 13.4 Å². The van der Waals surface area contributed by atoms with Gasteiger partial charge in [0, 0.05) is 24.3 Å². The number of nitrogens with zero attached hydrogens (tertiary/aromatic N) is 1. The first kappa shape index (κ1) is 17.6. The lowest BCUT2D eigenvalue weighted by Crippen LogP contribution is -2.27. The SMILES string of the molecule is CC(CNC(=O)c1cccc(S(C)(=O)=O)c1)c1nc2ccccc2s1. The third kappa shape index (κ3) is 4.05. The Morgan fingerprint density at radius 2 is 1.96 bits per heavy atom. The quantitative estimate of drug-likeness (QED) is 0.744. The van der Waals surface area contributed by atoms with Crippen LogP contribution in [0.4, 0.5) is 0 Å². The van der Waals surface area contributed by atoms with Crippen molar-refractivity contribution in [3.63, 3.8) is 0 Å². The molecule has 0 bridgehead atoms. The zero-order valence-corrected chi connectivity index (χ0v) is 15.5. The van der Waals surface area contributed by atoms with Gasteiger partial charge in [-0.05, 0) is 30.3 Å². The van der Waals surface area contributed by atoms with E-state index in [1.54, 1.807) is 23.5 Å². The van der Waals surface area contributed by atoms with Gasteiger partial charge >= 0.3 is 0 Å². The molecular formula is C18H18N2O3S2. The second kappa shape index (κ2) is 6.93. The van der Waals surface area contributed by atoms with Crippen molar-refractivity contribution < 1.29 is 13.2 Å². The summed E-state index contributed by atoms with van der Waals surface area (Å²) in [5, 5.41) is 3.82. The molecule has 0 aliphatic carbocycles. The molecule has 0 saturated heterocycles. The van der Waals surface area contributed by atoms with Crippen LogP contribution in [0.1, 0.15) is 28.2 Å². The number of fused-ring (bicyclic) bond motifs is 1. The second-order valence-electron chi connectivity index (χ2n) is 5.93. The van der Waals surface area contributed by atoms with Crippen LogP contribution in [-0.4, -0.2) is 32.1 Å². The predicted molar refractivity (Wildman–Crippen MR) is 99.9 cm³/mol. The van der Waals surface area contributed by atoms with E-state index in [1.165, 1.54) is 12.1 Å². The molecule has 1 heterocycles. The van der Waals surface area contributed by atoms with E-state index in [0.29, 0.717) is 12.1 Å². The molecule has 1 N–H and O–H groups in total. The summed E-state index contributed by atoms with van der Waals surface area (Å²) in [6.07, 6.45) is 1.12. The fourth-order valence-corrected chi connectivity index (χ4v) is 4.09. The molecule has 3 aromatic rings. The Hall–Kier alpha value is -2.25. The van der Waals surface area contributed by atoms with Gasteiger partial charge in [-0.1, -0.05) is 25.1 Å². The van der Waals surface area contributed by atoms with Crippen molar-refractivity contribution in [2.75, 3.05) is 12.8 Å². The van der Waals surface area contributed by atoms with Gasteiger partial charge in [-0.2, -0.15) is 0 Å². The fourth-order valence-electron chi connectivity index (χ4n) is 2.40. The maximum Gasteiger partial charge on any atom is 0.251 e. The van der Waals surface area contributed by atoms with Crippen LogP contribution in [0, 0.1) is 0 Å². The Morgan fingerprint density at radius 3 is 2.68 bits per heavy atom. The van der Waals surface area contributed by atoms with Crippen LogP contribution in [0.5, 0.6) is 0 Å². The molecule has 0 fully saturated rings. The average Bonchev–Trinajstić information content (AvgIpc) is 3.03. The summed E-state index contributed by atoms with van der Waals surface area (Å²) in [4.78, 5) is 17.0. The first-order valence-electron chi connectivity index (χ1n) is 7.78. The second-order valence-corrected chi connectivity index (χ2v) is 9.01. The van der Waals surface area contributed by atoms with Gasteiger partial charge in [0.05, 0.1) is 20.1 Å². The average molecular weight is 374 g/mol. The minimum atomic E-state index is -3.34. The highest BCUT2D eigenvalue weighted by atomic mass is 32.2. The standard InChI is InChI=1S/C18H18N2O3S2/c1-12(18-20-15-8-3-4-9-16(15)24-18)11-19-17(21)13-6-5-7-14(10-13)25(2,22)23/h3-10,12H,11H2,1-2H3,(H,19,21). The monoisotopic (exact) mass is 374 g/mol. The van der Waals surface area contributed by atoms with Gasteiger partial charge in [0.25, 0.3) is 5.91 Å². The number of benzene rings is 2. The molecule has 7 heteroatoms. The Labute approximate surface area is 150 Å². The molecule has 0 spiro atoms. The van der Waals surface area contributed by atoms with Crippen LogP contribution in [-0.2, 0) is 9.84 Å². The molecule has 3 rings (SSSR count). The fraction of sp³-hybridized carbons (Fsp3) is 0.222. The molecule has 130 valence electrons. The minimum Gasteiger partial charge on any atom is -0.351 e. The topological polar surface area (TPSA) is 76.1 Å². The van der Waals surface area contributed by atoms with Crippen molar-refractivity contribution in [3.8, 4) is 0 Å². The van der Waals surface area contributed by atoms with Gasteiger partial charge in [0.2, 0.25) is 0 Å². The smallest absolute Gasteiger partial charge is 0.251 e. The molecule has 1 atom stereocenters. The molecule has 1 unspecified atom stereocenters. The highest BCUT2D eigenvalue weighted by molar-refractivity contribution is 7.90. The van der Waals surface area contributed by atoms with Gasteiger partial charge in [0.15, 0.2) is 9.84 Å². The summed E-state index contributed by atoms with van der Waals surface area (Å²) in [6.45, 7) is 2.44. The lowest BCUT2D eigenvalue weighted by Gasteiger charge is -2.10. The summed E-state index contributed by atoms with van der Waals surface area (Å²) in [7, 11) is -3.34. The van der Waals surface area contributed by atoms with Crippen LogP contribution in [0.3, 0.4) is 0 Å². The zero-order chi connectivity index (χ0) is 18.0. The first-order valence-corrected chi connectivity index (χ1v) is 10.5. The molecule has 1 aromatic heterocycles. The van der Waals surface area contributed by atoms with Gasteiger partial charge in [-0.15, -0.1) is 11.3 Å². The lowest BCUT2D eigenvalue weighted by atomic mass is 10.1. The molecule has 2 aromatic carbocycles. The van der Waals surface area contributed by atoms with Crippen molar-refractivity contribution in [3.05, 3.63) is 59.1 Å². The summed E-state index contributed by atoms with van der Waals surface area (Å²) in [5.41, 5.74) is 1.29. The van der Waals surface area contributed by atoms with Gasteiger partial charge < -0.3 is 5.32 Å². The highest BCUT2D eigenvalue weighted by Crippen LogP contribution is 2.26. The van der Waals surface area contributed by atoms with E-state index in [0.717, 1.165) is 21.5 Å². The first-order chi connectivity index (χ1) is 11.8. The van der Waals surface area contributed by atoms with Crippen LogP contribution in [0.2, 0.25) is 0 Å². The highest BCUT2D eigenvalue weighted by Gasteiger charge is 2.15. The third-order valence-corrected chi connectivity index (χ3v) is 6.20. The number of carbonyl (C=O) groups excluding carboxylic acids is 1.